The molecule has 0 amide bonds. The molecule has 1 aliphatic heterocycles. The molecule has 0 fully saturated rings. The Bertz CT molecular complexity index is 120. The maximum atomic E-state index is 3.99. The molecule has 0 radical (unpaired) electrons. The largest absolute Gasteiger partial charge is 0.354 e. The van der Waals surface area contributed by atoms with Crippen molar-refractivity contribution in [3.05, 3.63) is 0 Å². The first kappa shape index (κ1) is 6.15. The lowest BCUT2D eigenvalue weighted by atomic mass is 10.7. The van der Waals surface area contributed by atoms with Gasteiger partial charge in [0.2, 0.25) is 5.96 Å². The molecule has 9 heavy (non-hydrogen) atoms. The van der Waals surface area contributed by atoms with Gasteiger partial charge in [-0.05, 0) is 6.92 Å². The van der Waals surface area contributed by atoms with Crippen LogP contribution in [0.15, 0.2) is 5.10 Å². The van der Waals surface area contributed by atoms with Gasteiger partial charge < -0.3 is 5.32 Å². The average Bonchev–Trinajstić information content (AvgIpc) is 2.17. The lowest BCUT2D eigenvalue weighted by Crippen LogP contribution is -2.41. The number of guanidine groups is 1. The molecule has 0 spiro atoms. The van der Waals surface area contributed by atoms with Gasteiger partial charge in [-0.1, -0.05) is 0 Å². The van der Waals surface area contributed by atoms with Crippen LogP contribution in [0.2, 0.25) is 0 Å². The first-order valence-electron chi connectivity index (χ1n) is 2.91. The Hall–Kier alpha value is -0.970. The van der Waals surface area contributed by atoms with Crippen molar-refractivity contribution in [2.75, 3.05) is 13.6 Å². The summed E-state index contributed by atoms with van der Waals surface area (Å²) in [6.45, 7) is 2.89. The molecule has 5 heteroatoms. The number of nitrogens with zero attached hydrogens (tertiary/aromatic N) is 2. The highest BCUT2D eigenvalue weighted by molar-refractivity contribution is 5.79. The third kappa shape index (κ3) is 1.46. The van der Waals surface area contributed by atoms with E-state index in [0.717, 1.165) is 12.5 Å². The van der Waals surface area contributed by atoms with Crippen LogP contribution in [0.4, 0.5) is 0 Å². The minimum Gasteiger partial charge on any atom is -0.354 e. The topological polar surface area (TPSA) is 51.7 Å². The van der Waals surface area contributed by atoms with Crippen molar-refractivity contribution in [1.29, 1.82) is 0 Å². The molecule has 0 saturated heterocycles. The summed E-state index contributed by atoms with van der Waals surface area (Å²) < 4.78 is 0. The first-order valence-corrected chi connectivity index (χ1v) is 2.91. The summed E-state index contributed by atoms with van der Waals surface area (Å²) in [4.78, 5) is 0. The Balaban J connectivity index is 2.33. The molecule has 0 saturated carbocycles. The molecule has 0 aliphatic carbocycles. The zero-order valence-corrected chi connectivity index (χ0v) is 5.60. The minimum atomic E-state index is 0.764. The van der Waals surface area contributed by atoms with Crippen molar-refractivity contribution in [2.45, 2.75) is 6.92 Å². The monoisotopic (exact) mass is 129 g/mol. The Morgan fingerprint density at radius 1 is 1.78 bits per heavy atom. The summed E-state index contributed by atoms with van der Waals surface area (Å²) in [5.41, 5.74) is 5.59. The zero-order chi connectivity index (χ0) is 6.69. The second-order valence-electron chi connectivity index (χ2n) is 1.74. The zero-order valence-electron chi connectivity index (χ0n) is 5.60. The summed E-state index contributed by atoms with van der Waals surface area (Å²) >= 11 is 0. The number of hydrazone groups is 1. The van der Waals surface area contributed by atoms with Crippen molar-refractivity contribution < 1.29 is 0 Å². The van der Waals surface area contributed by atoms with E-state index in [2.05, 4.69) is 21.4 Å². The third-order valence-electron chi connectivity index (χ3n) is 0.930. The number of nitrogens with one attached hydrogen (secondary N) is 3. The van der Waals surface area contributed by atoms with E-state index in [1.165, 1.54) is 0 Å². The van der Waals surface area contributed by atoms with E-state index in [1.807, 2.05) is 14.0 Å². The van der Waals surface area contributed by atoms with Crippen LogP contribution in [0.25, 0.3) is 0 Å². The SMILES string of the molecule is CCNC1=NN(C)NN1. The average molecular weight is 129 g/mol. The summed E-state index contributed by atoms with van der Waals surface area (Å²) in [5, 5.41) is 8.60. The maximum Gasteiger partial charge on any atom is 0.231 e. The van der Waals surface area contributed by atoms with Gasteiger partial charge in [-0.2, -0.15) is 0 Å². The van der Waals surface area contributed by atoms with Crippen LogP contribution < -0.4 is 16.3 Å². The summed E-state index contributed by atoms with van der Waals surface area (Å²) in [6, 6.07) is 0. The molecular formula is C4H11N5. The molecule has 0 atom stereocenters. The van der Waals surface area contributed by atoms with Crippen molar-refractivity contribution in [2.24, 2.45) is 5.10 Å². The van der Waals surface area contributed by atoms with E-state index in [9.17, 15) is 0 Å². The number of hydrogen-bond donors (Lipinski definition) is 3. The maximum absolute atomic E-state index is 3.99. The van der Waals surface area contributed by atoms with Crippen molar-refractivity contribution in [1.82, 2.24) is 21.4 Å². The molecule has 0 bridgehead atoms. The number of hydrazine groups is 2. The molecule has 0 aromatic heterocycles. The Kier molecular flexibility index (Phi) is 1.74. The number of rotatable bonds is 1. The van der Waals surface area contributed by atoms with Crippen LogP contribution >= 0.6 is 0 Å². The first-order chi connectivity index (χ1) is 4.33. The van der Waals surface area contributed by atoms with E-state index in [1.54, 1.807) is 5.12 Å². The predicted octanol–water partition coefficient (Wildman–Crippen LogP) is -1.18. The van der Waals surface area contributed by atoms with E-state index < -0.39 is 0 Å². The van der Waals surface area contributed by atoms with Crippen molar-refractivity contribution in [3.8, 4) is 0 Å². The molecule has 0 aromatic carbocycles. The second kappa shape index (κ2) is 2.54. The Morgan fingerprint density at radius 3 is 3.00 bits per heavy atom. The van der Waals surface area contributed by atoms with E-state index in [4.69, 9.17) is 0 Å². The molecular weight excluding hydrogens is 118 g/mol. The van der Waals surface area contributed by atoms with Crippen LogP contribution in [-0.4, -0.2) is 24.7 Å². The lowest BCUT2D eigenvalue weighted by molar-refractivity contribution is 0.259. The second-order valence-corrected chi connectivity index (χ2v) is 1.74. The van der Waals surface area contributed by atoms with Crippen LogP contribution in [0.3, 0.4) is 0 Å². The smallest absolute Gasteiger partial charge is 0.231 e. The van der Waals surface area contributed by atoms with Gasteiger partial charge in [0, 0.05) is 13.6 Å². The Morgan fingerprint density at radius 2 is 2.56 bits per heavy atom. The van der Waals surface area contributed by atoms with Crippen LogP contribution in [0.1, 0.15) is 6.92 Å². The quantitative estimate of drug-likeness (QED) is 0.417. The molecule has 5 nitrogen and oxygen atoms in total. The van der Waals surface area contributed by atoms with Gasteiger partial charge >= 0.3 is 0 Å². The molecule has 0 aromatic rings. The highest BCUT2D eigenvalue weighted by Gasteiger charge is 2.04. The normalized spacial score (nSPS) is 17.1. The van der Waals surface area contributed by atoms with Crippen LogP contribution in [0.5, 0.6) is 0 Å². The molecule has 1 aliphatic rings. The summed E-state index contributed by atoms with van der Waals surface area (Å²) in [7, 11) is 1.82. The third-order valence-corrected chi connectivity index (χ3v) is 0.930. The van der Waals surface area contributed by atoms with Gasteiger partial charge in [-0.3, -0.25) is 5.43 Å². The van der Waals surface area contributed by atoms with Gasteiger partial charge in [0.25, 0.3) is 0 Å². The lowest BCUT2D eigenvalue weighted by Gasteiger charge is -2.01. The van der Waals surface area contributed by atoms with E-state index in [0.29, 0.717) is 0 Å². The summed E-state index contributed by atoms with van der Waals surface area (Å²) in [6.07, 6.45) is 0. The molecule has 1 heterocycles. The molecule has 52 valence electrons. The van der Waals surface area contributed by atoms with Crippen molar-refractivity contribution in [3.63, 3.8) is 0 Å². The molecule has 3 N–H and O–H groups in total. The molecule has 1 rings (SSSR count). The van der Waals surface area contributed by atoms with Crippen LogP contribution in [-0.2, 0) is 0 Å². The van der Waals surface area contributed by atoms with Gasteiger partial charge in [-0.25, -0.2) is 5.12 Å². The Labute approximate surface area is 54.0 Å². The van der Waals surface area contributed by atoms with Gasteiger partial charge in [0.05, 0.1) is 0 Å². The van der Waals surface area contributed by atoms with E-state index in [-0.39, 0.29) is 0 Å². The predicted molar refractivity (Wildman–Crippen MR) is 35.1 cm³/mol. The standard InChI is InChI=1S/C4H11N5/c1-3-5-4-6-8-9(2)7-4/h8H,3H2,1-2H3,(H2,5,6,7). The number of hydrogen-bond acceptors (Lipinski definition) is 5. The van der Waals surface area contributed by atoms with Crippen LogP contribution in [0, 0.1) is 0 Å². The minimum absolute atomic E-state index is 0.764. The van der Waals surface area contributed by atoms with Gasteiger partial charge in [0.15, 0.2) is 0 Å². The fourth-order valence-corrected chi connectivity index (χ4v) is 0.581. The highest BCUT2D eigenvalue weighted by atomic mass is 15.9. The van der Waals surface area contributed by atoms with Gasteiger partial charge in [-0.15, -0.1) is 10.6 Å². The summed E-state index contributed by atoms with van der Waals surface area (Å²) in [5.74, 6) is 0.764. The fourth-order valence-electron chi connectivity index (χ4n) is 0.581. The van der Waals surface area contributed by atoms with E-state index >= 15 is 0 Å². The molecule has 0 unspecified atom stereocenters. The van der Waals surface area contributed by atoms with Gasteiger partial charge in [0.1, 0.15) is 0 Å². The fraction of sp³-hybridized carbons (Fsp3) is 0.750. The highest BCUT2D eigenvalue weighted by Crippen LogP contribution is 1.81. The van der Waals surface area contributed by atoms with Crippen molar-refractivity contribution >= 4 is 5.96 Å².